The van der Waals surface area contributed by atoms with Gasteiger partial charge in [0.1, 0.15) is 5.82 Å². The molecule has 0 atom stereocenters. The summed E-state index contributed by atoms with van der Waals surface area (Å²) in [4.78, 5) is 4.66. The number of hydrogen-bond donors (Lipinski definition) is 2. The normalized spacial score (nSPS) is 11.3. The van der Waals surface area contributed by atoms with E-state index >= 15 is 0 Å². The molecule has 0 spiro atoms. The first kappa shape index (κ1) is 13.3. The number of thiophene rings is 1. The molecule has 2 N–H and O–H groups in total. The smallest absolute Gasteiger partial charge is 0.123 e. The highest BCUT2D eigenvalue weighted by molar-refractivity contribution is 7.09. The van der Waals surface area contributed by atoms with Crippen LogP contribution in [0.25, 0.3) is 10.9 Å². The largest absolute Gasteiger partial charge is 0.358 e. The maximum atomic E-state index is 13.4. The van der Waals surface area contributed by atoms with E-state index in [1.54, 1.807) is 23.5 Å². The number of aromatic amines is 1. The minimum absolute atomic E-state index is 0.177. The summed E-state index contributed by atoms with van der Waals surface area (Å²) in [5.41, 5.74) is 3.35. The van der Waals surface area contributed by atoms with Crippen molar-refractivity contribution in [1.29, 1.82) is 0 Å². The average Bonchev–Trinajstić information content (AvgIpc) is 3.03. The standard InChI is InChI=1S/C16H17FN2S/c1-11-14(6-7-18-10-13-3-2-8-20-13)15-9-12(17)4-5-16(15)19-11/h2-5,8-9,18-19H,6-7,10H2,1H3. The Morgan fingerprint density at radius 2 is 2.20 bits per heavy atom. The lowest BCUT2D eigenvalue weighted by atomic mass is 10.1. The highest BCUT2D eigenvalue weighted by atomic mass is 32.1. The van der Waals surface area contributed by atoms with Crippen LogP contribution < -0.4 is 5.32 Å². The molecule has 0 aliphatic carbocycles. The third-order valence-electron chi connectivity index (χ3n) is 3.51. The molecule has 0 aliphatic heterocycles. The van der Waals surface area contributed by atoms with Crippen molar-refractivity contribution in [2.75, 3.05) is 6.54 Å². The topological polar surface area (TPSA) is 27.8 Å². The summed E-state index contributed by atoms with van der Waals surface area (Å²) in [6, 6.07) is 9.11. The summed E-state index contributed by atoms with van der Waals surface area (Å²) in [6.07, 6.45) is 0.903. The molecule has 20 heavy (non-hydrogen) atoms. The number of rotatable bonds is 5. The second kappa shape index (κ2) is 5.77. The van der Waals surface area contributed by atoms with Crippen molar-refractivity contribution < 1.29 is 4.39 Å². The predicted molar refractivity (Wildman–Crippen MR) is 82.7 cm³/mol. The highest BCUT2D eigenvalue weighted by Gasteiger charge is 2.08. The van der Waals surface area contributed by atoms with Gasteiger partial charge in [-0.25, -0.2) is 4.39 Å². The summed E-state index contributed by atoms with van der Waals surface area (Å²) in [7, 11) is 0. The number of nitrogens with one attached hydrogen (secondary N) is 2. The van der Waals surface area contributed by atoms with Crippen molar-refractivity contribution in [3.8, 4) is 0 Å². The molecule has 2 nitrogen and oxygen atoms in total. The van der Waals surface area contributed by atoms with Crippen LogP contribution in [0.1, 0.15) is 16.1 Å². The van der Waals surface area contributed by atoms with Gasteiger partial charge in [-0.3, -0.25) is 0 Å². The average molecular weight is 288 g/mol. The molecular weight excluding hydrogens is 271 g/mol. The Hall–Kier alpha value is -1.65. The molecule has 0 bridgehead atoms. The van der Waals surface area contributed by atoms with Gasteiger partial charge in [-0.05, 0) is 55.1 Å². The van der Waals surface area contributed by atoms with Crippen molar-refractivity contribution in [1.82, 2.24) is 10.3 Å². The van der Waals surface area contributed by atoms with E-state index in [1.807, 2.05) is 6.92 Å². The Labute approximate surface area is 121 Å². The third-order valence-corrected chi connectivity index (χ3v) is 4.39. The molecule has 2 heterocycles. The quantitative estimate of drug-likeness (QED) is 0.682. The van der Waals surface area contributed by atoms with Gasteiger partial charge >= 0.3 is 0 Å². The first-order valence-corrected chi connectivity index (χ1v) is 7.62. The zero-order valence-corrected chi connectivity index (χ0v) is 12.2. The third kappa shape index (κ3) is 2.76. The van der Waals surface area contributed by atoms with Crippen LogP contribution in [0, 0.1) is 12.7 Å². The molecule has 0 amide bonds. The fourth-order valence-corrected chi connectivity index (χ4v) is 3.19. The van der Waals surface area contributed by atoms with Gasteiger partial charge in [-0.1, -0.05) is 6.07 Å². The lowest BCUT2D eigenvalue weighted by Gasteiger charge is -2.04. The molecule has 3 rings (SSSR count). The van der Waals surface area contributed by atoms with Crippen molar-refractivity contribution in [3.05, 3.63) is 57.7 Å². The van der Waals surface area contributed by atoms with Gasteiger partial charge in [0, 0.05) is 28.0 Å². The number of H-pyrrole nitrogens is 1. The molecule has 2 aromatic heterocycles. The molecule has 1 aromatic carbocycles. The maximum Gasteiger partial charge on any atom is 0.123 e. The van der Waals surface area contributed by atoms with Crippen LogP contribution >= 0.6 is 11.3 Å². The minimum atomic E-state index is -0.177. The minimum Gasteiger partial charge on any atom is -0.358 e. The first-order chi connectivity index (χ1) is 9.74. The van der Waals surface area contributed by atoms with E-state index in [2.05, 4.69) is 27.8 Å². The summed E-state index contributed by atoms with van der Waals surface area (Å²) < 4.78 is 13.4. The fraction of sp³-hybridized carbons (Fsp3) is 0.250. The van der Waals surface area contributed by atoms with Gasteiger partial charge in [0.05, 0.1) is 0 Å². The second-order valence-corrected chi connectivity index (χ2v) is 5.96. The molecular formula is C16H17FN2S. The summed E-state index contributed by atoms with van der Waals surface area (Å²) in [5, 5.41) is 6.52. The van der Waals surface area contributed by atoms with E-state index < -0.39 is 0 Å². The van der Waals surface area contributed by atoms with E-state index in [9.17, 15) is 4.39 Å². The van der Waals surface area contributed by atoms with Gasteiger partial charge in [-0.2, -0.15) is 0 Å². The number of halogens is 1. The Balaban J connectivity index is 1.67. The van der Waals surface area contributed by atoms with Gasteiger partial charge in [0.25, 0.3) is 0 Å². The zero-order chi connectivity index (χ0) is 13.9. The summed E-state index contributed by atoms with van der Waals surface area (Å²) in [5.74, 6) is -0.177. The molecule has 4 heteroatoms. The number of fused-ring (bicyclic) bond motifs is 1. The van der Waals surface area contributed by atoms with Crippen molar-refractivity contribution in [2.45, 2.75) is 19.9 Å². The molecule has 0 saturated carbocycles. The molecule has 0 aliphatic rings. The van der Waals surface area contributed by atoms with Gasteiger partial charge in [-0.15, -0.1) is 11.3 Å². The van der Waals surface area contributed by atoms with Crippen LogP contribution in [-0.4, -0.2) is 11.5 Å². The molecule has 3 aromatic rings. The second-order valence-electron chi connectivity index (χ2n) is 4.92. The number of aryl methyl sites for hydroxylation is 1. The van der Waals surface area contributed by atoms with Crippen molar-refractivity contribution in [2.24, 2.45) is 0 Å². The monoisotopic (exact) mass is 288 g/mol. The van der Waals surface area contributed by atoms with Crippen LogP contribution in [0.4, 0.5) is 4.39 Å². The fourth-order valence-electron chi connectivity index (χ4n) is 2.51. The van der Waals surface area contributed by atoms with Gasteiger partial charge in [0.2, 0.25) is 0 Å². The predicted octanol–water partition coefficient (Wildman–Crippen LogP) is 4.01. The van der Waals surface area contributed by atoms with E-state index in [0.29, 0.717) is 0 Å². The van der Waals surface area contributed by atoms with Gasteiger partial charge in [0.15, 0.2) is 0 Å². The molecule has 0 unspecified atom stereocenters. The Kier molecular flexibility index (Phi) is 3.85. The van der Waals surface area contributed by atoms with Crippen LogP contribution in [0.5, 0.6) is 0 Å². The van der Waals surface area contributed by atoms with E-state index in [4.69, 9.17) is 0 Å². The van der Waals surface area contributed by atoms with E-state index in [0.717, 1.165) is 36.1 Å². The van der Waals surface area contributed by atoms with Crippen LogP contribution in [0.15, 0.2) is 35.7 Å². The van der Waals surface area contributed by atoms with Crippen LogP contribution in [0.3, 0.4) is 0 Å². The van der Waals surface area contributed by atoms with E-state index in [-0.39, 0.29) is 5.82 Å². The molecule has 0 fully saturated rings. The lowest BCUT2D eigenvalue weighted by molar-refractivity contribution is 0.629. The molecule has 104 valence electrons. The van der Waals surface area contributed by atoms with Crippen molar-refractivity contribution in [3.63, 3.8) is 0 Å². The zero-order valence-electron chi connectivity index (χ0n) is 11.4. The maximum absolute atomic E-state index is 13.4. The van der Waals surface area contributed by atoms with Crippen molar-refractivity contribution >= 4 is 22.2 Å². The van der Waals surface area contributed by atoms with Crippen LogP contribution in [0.2, 0.25) is 0 Å². The number of hydrogen-bond acceptors (Lipinski definition) is 2. The highest BCUT2D eigenvalue weighted by Crippen LogP contribution is 2.23. The molecule has 0 saturated heterocycles. The SMILES string of the molecule is Cc1[nH]c2ccc(F)cc2c1CCNCc1cccs1. The lowest BCUT2D eigenvalue weighted by Crippen LogP contribution is -2.16. The Bertz CT molecular complexity index is 701. The number of benzene rings is 1. The van der Waals surface area contributed by atoms with E-state index in [1.165, 1.54) is 16.5 Å². The Morgan fingerprint density at radius 1 is 1.30 bits per heavy atom. The first-order valence-electron chi connectivity index (χ1n) is 6.74. The number of aromatic nitrogens is 1. The van der Waals surface area contributed by atoms with Crippen LogP contribution in [-0.2, 0) is 13.0 Å². The Morgan fingerprint density at radius 3 is 3.00 bits per heavy atom. The summed E-state index contributed by atoms with van der Waals surface area (Å²) in [6.45, 7) is 3.84. The molecule has 0 radical (unpaired) electrons. The van der Waals surface area contributed by atoms with Gasteiger partial charge < -0.3 is 10.3 Å². The summed E-state index contributed by atoms with van der Waals surface area (Å²) >= 11 is 1.76.